The number of nitrogens with zero attached hydrogens (tertiary/aromatic N) is 11. The summed E-state index contributed by atoms with van der Waals surface area (Å²) >= 11 is 0. The highest BCUT2D eigenvalue weighted by Gasteiger charge is 2.11. The zero-order chi connectivity index (χ0) is 12.4. The second-order valence-corrected chi connectivity index (χ2v) is 2.85. The molecule has 3 heterocycles. The Bertz CT molecular complexity index is 736. The summed E-state index contributed by atoms with van der Waals surface area (Å²) in [6, 6.07) is 0. The zero-order valence-corrected chi connectivity index (χ0v) is 8.40. The molecular weight excluding hydrogens is 244 g/mol. The number of aromatic nitrogens is 8. The summed E-state index contributed by atoms with van der Waals surface area (Å²) in [5, 5.41) is 31.4. The minimum Gasteiger partial charge on any atom is -0.302 e. The minimum atomic E-state index is -0.0649. The Morgan fingerprint density at radius 3 is 3.17 bits per heavy atom. The second kappa shape index (κ2) is 3.91. The Hall–Kier alpha value is -3.34. The highest BCUT2D eigenvalue weighted by atomic mass is 16.6. The Labute approximate surface area is 96.4 Å². The number of nitrogens with one attached hydrogen (secondary N) is 1. The molecule has 0 spiro atoms. The van der Waals surface area contributed by atoms with Crippen molar-refractivity contribution in [3.63, 3.8) is 0 Å². The van der Waals surface area contributed by atoms with Crippen LogP contribution in [0.3, 0.4) is 0 Å². The van der Waals surface area contributed by atoms with Crippen molar-refractivity contribution >= 4 is 23.4 Å². The Morgan fingerprint density at radius 2 is 2.28 bits per heavy atom. The molecule has 0 fully saturated rings. The number of hydrogen-bond donors (Lipinski definition) is 1. The fourth-order valence-corrected chi connectivity index (χ4v) is 1.10. The monoisotopic (exact) mass is 246 g/mol. The first-order chi connectivity index (χ1) is 8.86. The Balaban J connectivity index is 1.95. The SMILES string of the molecule is [N-]=[N+]=Nc1nonc1Nc1nnc2nncn2n1. The van der Waals surface area contributed by atoms with Gasteiger partial charge >= 0.3 is 0 Å². The van der Waals surface area contributed by atoms with Crippen LogP contribution in [0.1, 0.15) is 0 Å². The van der Waals surface area contributed by atoms with E-state index in [-0.39, 0.29) is 23.4 Å². The van der Waals surface area contributed by atoms with Crippen LogP contribution in [0.5, 0.6) is 0 Å². The number of azide groups is 1. The first-order valence-corrected chi connectivity index (χ1v) is 4.42. The van der Waals surface area contributed by atoms with Crippen molar-refractivity contribution in [3.8, 4) is 0 Å². The van der Waals surface area contributed by atoms with E-state index in [4.69, 9.17) is 5.53 Å². The largest absolute Gasteiger partial charge is 0.302 e. The summed E-state index contributed by atoms with van der Waals surface area (Å²) < 4.78 is 5.71. The van der Waals surface area contributed by atoms with Gasteiger partial charge in [-0.15, -0.1) is 25.5 Å². The molecular formula is C5H2N12O. The quantitative estimate of drug-likeness (QED) is 0.379. The van der Waals surface area contributed by atoms with E-state index in [1.54, 1.807) is 0 Å². The maximum absolute atomic E-state index is 8.30. The first kappa shape index (κ1) is 9.86. The summed E-state index contributed by atoms with van der Waals surface area (Å²) in [6.45, 7) is 0. The van der Waals surface area contributed by atoms with Gasteiger partial charge < -0.3 is 5.32 Å². The molecule has 0 bridgehead atoms. The maximum Gasteiger partial charge on any atom is 0.290 e. The molecule has 13 heteroatoms. The molecule has 0 amide bonds. The van der Waals surface area contributed by atoms with E-state index in [2.05, 4.69) is 55.8 Å². The molecule has 3 aromatic rings. The summed E-state index contributed by atoms with van der Waals surface area (Å²) in [6.07, 6.45) is 1.35. The van der Waals surface area contributed by atoms with Crippen LogP contribution in [0.15, 0.2) is 16.1 Å². The third-order valence-corrected chi connectivity index (χ3v) is 1.79. The number of rotatable bonds is 3. The third kappa shape index (κ3) is 1.61. The van der Waals surface area contributed by atoms with Gasteiger partial charge in [-0.3, -0.25) is 0 Å². The van der Waals surface area contributed by atoms with Gasteiger partial charge in [0.15, 0.2) is 0 Å². The van der Waals surface area contributed by atoms with Crippen LogP contribution in [0.25, 0.3) is 16.2 Å². The highest BCUT2D eigenvalue weighted by molar-refractivity contribution is 5.59. The zero-order valence-electron chi connectivity index (χ0n) is 8.40. The van der Waals surface area contributed by atoms with Crippen molar-refractivity contribution in [2.45, 2.75) is 0 Å². The van der Waals surface area contributed by atoms with Crippen molar-refractivity contribution in [1.29, 1.82) is 0 Å². The molecule has 0 saturated heterocycles. The van der Waals surface area contributed by atoms with Crippen LogP contribution in [0.4, 0.5) is 17.6 Å². The lowest BCUT2D eigenvalue weighted by atomic mass is 10.6. The fraction of sp³-hybridized carbons (Fsp3) is 0. The molecule has 0 aliphatic carbocycles. The van der Waals surface area contributed by atoms with Gasteiger partial charge in [0.25, 0.3) is 11.7 Å². The predicted octanol–water partition coefficient (Wildman–Crippen LogP) is -0.0173. The average Bonchev–Trinajstić information content (AvgIpc) is 2.99. The fourth-order valence-electron chi connectivity index (χ4n) is 1.10. The van der Waals surface area contributed by atoms with Crippen LogP contribution in [0, 0.1) is 0 Å². The van der Waals surface area contributed by atoms with Crippen molar-refractivity contribution in [1.82, 2.24) is 40.3 Å². The minimum absolute atomic E-state index is 0.0649. The van der Waals surface area contributed by atoms with Crippen molar-refractivity contribution in [2.24, 2.45) is 5.11 Å². The summed E-state index contributed by atoms with van der Waals surface area (Å²) in [4.78, 5) is 2.56. The lowest BCUT2D eigenvalue weighted by Crippen LogP contribution is -2.04. The van der Waals surface area contributed by atoms with E-state index in [0.29, 0.717) is 0 Å². The van der Waals surface area contributed by atoms with Gasteiger partial charge in [0.1, 0.15) is 6.33 Å². The van der Waals surface area contributed by atoms with E-state index in [1.807, 2.05) is 0 Å². The van der Waals surface area contributed by atoms with Crippen molar-refractivity contribution in [3.05, 3.63) is 16.8 Å². The Kier molecular flexibility index (Phi) is 2.14. The molecule has 13 nitrogen and oxygen atoms in total. The smallest absolute Gasteiger partial charge is 0.290 e. The number of hydrogen-bond acceptors (Lipinski definition) is 10. The van der Waals surface area contributed by atoms with Crippen molar-refractivity contribution < 1.29 is 4.63 Å². The summed E-state index contributed by atoms with van der Waals surface area (Å²) in [5.41, 5.74) is 8.30. The van der Waals surface area contributed by atoms with Crippen LogP contribution < -0.4 is 5.32 Å². The standard InChI is InChI=1S/C5H2N12O/c6-16-9-3-2(14-18-15-3)8-4-10-12-5-11-7-1-17(5)13-4/h1H,(H,8,13,14). The van der Waals surface area contributed by atoms with Crippen LogP contribution >= 0.6 is 0 Å². The van der Waals surface area contributed by atoms with E-state index in [1.165, 1.54) is 10.8 Å². The molecule has 0 atom stereocenters. The topological polar surface area (TPSA) is 169 Å². The molecule has 0 saturated carbocycles. The molecule has 0 radical (unpaired) electrons. The molecule has 88 valence electrons. The third-order valence-electron chi connectivity index (χ3n) is 1.79. The molecule has 1 N–H and O–H groups in total. The maximum atomic E-state index is 8.30. The normalized spacial score (nSPS) is 10.2. The van der Waals surface area contributed by atoms with Crippen LogP contribution in [-0.2, 0) is 0 Å². The average molecular weight is 246 g/mol. The van der Waals surface area contributed by atoms with Gasteiger partial charge in [0, 0.05) is 4.91 Å². The first-order valence-electron chi connectivity index (χ1n) is 4.42. The van der Waals surface area contributed by atoms with E-state index < -0.39 is 0 Å². The lowest BCUT2D eigenvalue weighted by Gasteiger charge is -1.98. The van der Waals surface area contributed by atoms with Gasteiger partial charge in [-0.05, 0) is 21.0 Å². The van der Waals surface area contributed by atoms with E-state index in [9.17, 15) is 0 Å². The van der Waals surface area contributed by atoms with Gasteiger partial charge in [0.05, 0.1) is 0 Å². The van der Waals surface area contributed by atoms with Gasteiger partial charge in [-0.1, -0.05) is 0 Å². The highest BCUT2D eigenvalue weighted by Crippen LogP contribution is 2.21. The Morgan fingerprint density at radius 1 is 1.33 bits per heavy atom. The second-order valence-electron chi connectivity index (χ2n) is 2.85. The van der Waals surface area contributed by atoms with E-state index in [0.717, 1.165) is 0 Å². The number of anilines is 2. The summed E-state index contributed by atoms with van der Waals surface area (Å²) in [7, 11) is 0. The molecule has 18 heavy (non-hydrogen) atoms. The molecule has 0 aromatic carbocycles. The van der Waals surface area contributed by atoms with E-state index >= 15 is 0 Å². The molecule has 0 aliphatic heterocycles. The summed E-state index contributed by atoms with van der Waals surface area (Å²) in [5.74, 6) is 0.341. The number of fused-ring (bicyclic) bond motifs is 1. The van der Waals surface area contributed by atoms with Crippen molar-refractivity contribution in [2.75, 3.05) is 5.32 Å². The molecule has 0 unspecified atom stereocenters. The molecule has 3 rings (SSSR count). The predicted molar refractivity (Wildman–Crippen MR) is 52.8 cm³/mol. The lowest BCUT2D eigenvalue weighted by molar-refractivity contribution is 0.310. The van der Waals surface area contributed by atoms with Gasteiger partial charge in [-0.25, -0.2) is 4.63 Å². The van der Waals surface area contributed by atoms with Gasteiger partial charge in [-0.2, -0.15) is 4.52 Å². The molecule has 0 aliphatic rings. The van der Waals surface area contributed by atoms with Crippen LogP contribution in [-0.4, -0.2) is 40.3 Å². The van der Waals surface area contributed by atoms with Gasteiger partial charge in [0.2, 0.25) is 11.6 Å². The molecule has 3 aromatic heterocycles. The van der Waals surface area contributed by atoms with Crippen LogP contribution in [0.2, 0.25) is 0 Å².